The van der Waals surface area contributed by atoms with E-state index in [1.54, 1.807) is 18.3 Å². The first-order chi connectivity index (χ1) is 14.4. The molecule has 4 rings (SSSR count). The van der Waals surface area contributed by atoms with Crippen LogP contribution >= 0.6 is 0 Å². The average molecular weight is 406 g/mol. The van der Waals surface area contributed by atoms with E-state index in [1.807, 2.05) is 30.3 Å². The van der Waals surface area contributed by atoms with E-state index in [9.17, 15) is 9.59 Å². The highest BCUT2D eigenvalue weighted by atomic mass is 16.5. The summed E-state index contributed by atoms with van der Waals surface area (Å²) in [6.45, 7) is 1.64. The van der Waals surface area contributed by atoms with Crippen LogP contribution in [0.1, 0.15) is 31.1 Å². The molecular weight excluding hydrogens is 384 g/mol. The van der Waals surface area contributed by atoms with E-state index in [2.05, 4.69) is 15.5 Å². The Balaban J connectivity index is 1.34. The van der Waals surface area contributed by atoms with Gasteiger partial charge in [-0.3, -0.25) is 9.59 Å². The molecule has 154 valence electrons. The van der Waals surface area contributed by atoms with E-state index in [4.69, 9.17) is 15.0 Å². The Morgan fingerprint density at radius 1 is 1.17 bits per heavy atom. The molecule has 3 N–H and O–H groups in total. The third-order valence-electron chi connectivity index (χ3n) is 5.14. The monoisotopic (exact) mass is 406 g/mol. The number of nitrogen functional groups attached to an aromatic ring is 1. The molecule has 2 aromatic heterocycles. The molecule has 1 aliphatic carbocycles. The lowest BCUT2D eigenvalue weighted by molar-refractivity contribution is -0.142. The molecule has 1 fully saturated rings. The standard InChI is InChI=1S/C22H22N4O4/c1-14(27)29-13-22(8-9-22)18-11-20(26-30-18)25-21(28)10-15-2-4-16(5-3-15)17-6-7-19(23)24-12-17/h2-7,11-12H,8-10,13H2,1H3,(H2,23,24)(H,25,26,28). The third-order valence-corrected chi connectivity index (χ3v) is 5.14. The number of nitrogens with one attached hydrogen (secondary N) is 1. The second-order valence-corrected chi connectivity index (χ2v) is 7.53. The zero-order valence-electron chi connectivity index (χ0n) is 16.6. The molecule has 8 heteroatoms. The Labute approximate surface area is 173 Å². The fourth-order valence-electron chi connectivity index (χ4n) is 3.20. The van der Waals surface area contributed by atoms with Crippen molar-refractivity contribution < 1.29 is 18.8 Å². The summed E-state index contributed by atoms with van der Waals surface area (Å²) >= 11 is 0. The molecule has 0 bridgehead atoms. The number of nitrogens with two attached hydrogens (primary N) is 1. The Kier molecular flexibility index (Phi) is 5.22. The van der Waals surface area contributed by atoms with Crippen LogP contribution in [0.5, 0.6) is 0 Å². The molecule has 0 atom stereocenters. The van der Waals surface area contributed by atoms with Crippen molar-refractivity contribution >= 4 is 23.5 Å². The summed E-state index contributed by atoms with van der Waals surface area (Å²) in [5.74, 6) is 0.936. The molecule has 3 aromatic rings. The van der Waals surface area contributed by atoms with Crippen molar-refractivity contribution in [3.8, 4) is 11.1 Å². The largest absolute Gasteiger partial charge is 0.465 e. The van der Waals surface area contributed by atoms with Gasteiger partial charge in [0.1, 0.15) is 18.2 Å². The molecule has 1 amide bonds. The van der Waals surface area contributed by atoms with Crippen LogP contribution in [0.4, 0.5) is 11.6 Å². The molecule has 1 aliphatic rings. The van der Waals surface area contributed by atoms with Crippen molar-refractivity contribution in [2.45, 2.75) is 31.6 Å². The number of aromatic nitrogens is 2. The van der Waals surface area contributed by atoms with Crippen molar-refractivity contribution in [3.05, 3.63) is 60.0 Å². The van der Waals surface area contributed by atoms with E-state index < -0.39 is 0 Å². The number of carbonyl (C=O) groups is 2. The molecule has 30 heavy (non-hydrogen) atoms. The number of hydrogen-bond donors (Lipinski definition) is 2. The van der Waals surface area contributed by atoms with Crippen LogP contribution in [0.15, 0.2) is 53.2 Å². The summed E-state index contributed by atoms with van der Waals surface area (Å²) < 4.78 is 10.5. The molecule has 8 nitrogen and oxygen atoms in total. The minimum absolute atomic E-state index is 0.193. The highest BCUT2D eigenvalue weighted by Gasteiger charge is 2.49. The van der Waals surface area contributed by atoms with E-state index >= 15 is 0 Å². The lowest BCUT2D eigenvalue weighted by Gasteiger charge is -2.10. The number of ether oxygens (including phenoxy) is 1. The van der Waals surface area contributed by atoms with Gasteiger partial charge in [0.15, 0.2) is 5.82 Å². The number of carbonyl (C=O) groups excluding carboxylic acids is 2. The second-order valence-electron chi connectivity index (χ2n) is 7.53. The van der Waals surface area contributed by atoms with Gasteiger partial charge in [-0.1, -0.05) is 29.4 Å². The molecule has 0 unspecified atom stereocenters. The van der Waals surface area contributed by atoms with Gasteiger partial charge in [-0.05, 0) is 36.1 Å². The zero-order chi connectivity index (χ0) is 21.1. The van der Waals surface area contributed by atoms with Crippen LogP contribution in [0.3, 0.4) is 0 Å². The first kappa shape index (κ1) is 19.6. The van der Waals surface area contributed by atoms with E-state index in [-0.39, 0.29) is 30.3 Å². The SMILES string of the molecule is CC(=O)OCC1(c2cc(NC(=O)Cc3ccc(-c4ccc(N)nc4)cc3)no2)CC1. The van der Waals surface area contributed by atoms with Gasteiger partial charge in [0, 0.05) is 24.8 Å². The lowest BCUT2D eigenvalue weighted by atomic mass is 10.0. The van der Waals surface area contributed by atoms with Gasteiger partial charge < -0.3 is 20.3 Å². The number of amides is 1. The first-order valence-corrected chi connectivity index (χ1v) is 9.65. The van der Waals surface area contributed by atoms with Crippen LogP contribution in [0.2, 0.25) is 0 Å². The van der Waals surface area contributed by atoms with Crippen molar-refractivity contribution in [2.24, 2.45) is 0 Å². The van der Waals surface area contributed by atoms with Gasteiger partial charge in [0.2, 0.25) is 5.91 Å². The molecule has 1 saturated carbocycles. The Bertz CT molecular complexity index is 1050. The van der Waals surface area contributed by atoms with Gasteiger partial charge >= 0.3 is 5.97 Å². The highest BCUT2D eigenvalue weighted by molar-refractivity contribution is 5.91. The van der Waals surface area contributed by atoms with E-state index in [1.165, 1.54) is 6.92 Å². The minimum atomic E-state index is -0.326. The quantitative estimate of drug-likeness (QED) is 0.578. The van der Waals surface area contributed by atoms with Crippen molar-refractivity contribution in [3.63, 3.8) is 0 Å². The topological polar surface area (TPSA) is 120 Å². The summed E-state index contributed by atoms with van der Waals surface area (Å²) in [6, 6.07) is 13.0. The second kappa shape index (κ2) is 7.98. The molecule has 0 radical (unpaired) electrons. The van der Waals surface area contributed by atoms with Crippen LogP contribution in [0, 0.1) is 0 Å². The van der Waals surface area contributed by atoms with E-state index in [0.29, 0.717) is 17.4 Å². The lowest BCUT2D eigenvalue weighted by Crippen LogP contribution is -2.17. The average Bonchev–Trinajstić information content (AvgIpc) is 3.38. The molecule has 2 heterocycles. The van der Waals surface area contributed by atoms with Crippen LogP contribution in [-0.4, -0.2) is 28.6 Å². The van der Waals surface area contributed by atoms with Crippen molar-refractivity contribution in [2.75, 3.05) is 17.7 Å². The van der Waals surface area contributed by atoms with Gasteiger partial charge in [0.05, 0.1) is 11.8 Å². The fraction of sp³-hybridized carbons (Fsp3) is 0.273. The van der Waals surface area contributed by atoms with Gasteiger partial charge in [0.25, 0.3) is 0 Å². The number of nitrogens with zero attached hydrogens (tertiary/aromatic N) is 2. The summed E-state index contributed by atoms with van der Waals surface area (Å²) in [7, 11) is 0. The summed E-state index contributed by atoms with van der Waals surface area (Å²) in [4.78, 5) is 27.5. The molecule has 1 aromatic carbocycles. The van der Waals surface area contributed by atoms with Gasteiger partial charge in [-0.2, -0.15) is 0 Å². The molecule has 0 aliphatic heterocycles. The van der Waals surface area contributed by atoms with E-state index in [0.717, 1.165) is 29.5 Å². The number of hydrogen-bond acceptors (Lipinski definition) is 7. The third kappa shape index (κ3) is 4.48. The number of rotatable bonds is 7. The summed E-state index contributed by atoms with van der Waals surface area (Å²) in [5.41, 5.74) is 8.13. The highest BCUT2D eigenvalue weighted by Crippen LogP contribution is 2.49. The zero-order valence-corrected chi connectivity index (χ0v) is 16.6. The number of pyridine rings is 1. The normalized spacial score (nSPS) is 14.2. The maximum absolute atomic E-state index is 12.4. The van der Waals surface area contributed by atoms with Crippen LogP contribution in [-0.2, 0) is 26.2 Å². The number of esters is 1. The predicted molar refractivity (Wildman–Crippen MR) is 110 cm³/mol. The number of benzene rings is 1. The maximum Gasteiger partial charge on any atom is 0.302 e. The smallest absolute Gasteiger partial charge is 0.302 e. The van der Waals surface area contributed by atoms with Crippen LogP contribution in [0.25, 0.3) is 11.1 Å². The minimum Gasteiger partial charge on any atom is -0.465 e. The fourth-order valence-corrected chi connectivity index (χ4v) is 3.20. The van der Waals surface area contributed by atoms with Crippen molar-refractivity contribution in [1.82, 2.24) is 10.1 Å². The Morgan fingerprint density at radius 2 is 1.90 bits per heavy atom. The first-order valence-electron chi connectivity index (χ1n) is 9.65. The molecule has 0 saturated heterocycles. The molecule has 0 spiro atoms. The summed E-state index contributed by atoms with van der Waals surface area (Å²) in [5, 5.41) is 6.68. The van der Waals surface area contributed by atoms with Gasteiger partial charge in [-0.25, -0.2) is 4.98 Å². The maximum atomic E-state index is 12.4. The number of anilines is 2. The Hall–Kier alpha value is -3.68. The van der Waals surface area contributed by atoms with Crippen molar-refractivity contribution in [1.29, 1.82) is 0 Å². The Morgan fingerprint density at radius 3 is 2.53 bits per heavy atom. The summed E-state index contributed by atoms with van der Waals surface area (Å²) in [6.07, 6.45) is 3.64. The van der Waals surface area contributed by atoms with Gasteiger partial charge in [-0.15, -0.1) is 0 Å². The molecular formula is C22H22N4O4. The predicted octanol–water partition coefficient (Wildman–Crippen LogP) is 3.09. The van der Waals surface area contributed by atoms with Crippen LogP contribution < -0.4 is 11.1 Å².